The van der Waals surface area contributed by atoms with Crippen LogP contribution in [0.15, 0.2) is 53.3 Å². The Morgan fingerprint density at radius 3 is 2.41 bits per heavy atom. The fraction of sp³-hybridized carbons (Fsp3) is 0.414. The van der Waals surface area contributed by atoms with Crippen molar-refractivity contribution >= 4 is 50.2 Å². The molecule has 7 nitrogen and oxygen atoms in total. The van der Waals surface area contributed by atoms with Gasteiger partial charge in [0.25, 0.3) is 0 Å². The van der Waals surface area contributed by atoms with Crippen LogP contribution in [0.3, 0.4) is 0 Å². The van der Waals surface area contributed by atoms with E-state index in [1.807, 2.05) is 17.9 Å². The van der Waals surface area contributed by atoms with Crippen LogP contribution in [-0.4, -0.2) is 44.7 Å². The lowest BCUT2D eigenvalue weighted by molar-refractivity contribution is 0.412. The molecule has 1 fully saturated rings. The molecule has 0 saturated carbocycles. The molecule has 1 saturated heterocycles. The van der Waals surface area contributed by atoms with Crippen molar-refractivity contribution in [2.75, 3.05) is 34.8 Å². The fourth-order valence-corrected chi connectivity index (χ4v) is 5.31. The van der Waals surface area contributed by atoms with Gasteiger partial charge in [-0.3, -0.25) is 0 Å². The van der Waals surface area contributed by atoms with E-state index in [4.69, 9.17) is 9.97 Å². The van der Waals surface area contributed by atoms with Crippen molar-refractivity contribution in [3.8, 4) is 0 Å². The van der Waals surface area contributed by atoms with Crippen LogP contribution in [-0.2, 0) is 12.5 Å². The van der Waals surface area contributed by atoms with E-state index in [0.29, 0.717) is 11.6 Å². The number of hydrogen-bond acceptors (Lipinski definition) is 6. The molecule has 0 unspecified atom stereocenters. The van der Waals surface area contributed by atoms with Gasteiger partial charge in [0.2, 0.25) is 5.95 Å². The monoisotopic (exact) mass is 561 g/mol. The van der Waals surface area contributed by atoms with E-state index in [2.05, 4.69) is 120 Å². The van der Waals surface area contributed by atoms with Crippen LogP contribution in [0.2, 0.25) is 0 Å². The van der Waals surface area contributed by atoms with Gasteiger partial charge in [-0.15, -0.1) is 0 Å². The largest absolute Gasteiger partial charge is 0.363 e. The van der Waals surface area contributed by atoms with Gasteiger partial charge in [0.05, 0.1) is 11.9 Å². The second kappa shape index (κ2) is 9.31. The zero-order valence-electron chi connectivity index (χ0n) is 22.8. The summed E-state index contributed by atoms with van der Waals surface area (Å²) >= 11 is 3.55. The van der Waals surface area contributed by atoms with Gasteiger partial charge in [-0.2, -0.15) is 9.97 Å². The first-order valence-electron chi connectivity index (χ1n) is 12.8. The lowest BCUT2D eigenvalue weighted by Gasteiger charge is -2.48. The van der Waals surface area contributed by atoms with Crippen LogP contribution in [0.4, 0.5) is 23.1 Å². The molecule has 1 aliphatic rings. The number of anilines is 4. The Labute approximate surface area is 228 Å². The van der Waals surface area contributed by atoms with Gasteiger partial charge in [-0.25, -0.2) is 4.98 Å². The molecule has 3 heterocycles. The molecule has 0 atom stereocenters. The Balaban J connectivity index is 1.49. The number of rotatable bonds is 4. The van der Waals surface area contributed by atoms with Gasteiger partial charge < -0.3 is 19.7 Å². The minimum absolute atomic E-state index is 0.0584. The summed E-state index contributed by atoms with van der Waals surface area (Å²) in [6.45, 7) is 15.9. The van der Waals surface area contributed by atoms with Crippen LogP contribution in [0.5, 0.6) is 0 Å². The van der Waals surface area contributed by atoms with Crippen LogP contribution in [0.1, 0.15) is 45.7 Å². The highest BCUT2D eigenvalue weighted by atomic mass is 79.9. The Morgan fingerprint density at radius 2 is 1.73 bits per heavy atom. The van der Waals surface area contributed by atoms with Crippen LogP contribution < -0.4 is 15.1 Å². The normalized spacial score (nSPS) is 15.9. The van der Waals surface area contributed by atoms with E-state index in [1.165, 1.54) is 16.8 Å². The Bertz CT molecular complexity index is 1430. The van der Waals surface area contributed by atoms with Crippen molar-refractivity contribution in [1.82, 2.24) is 19.5 Å². The van der Waals surface area contributed by atoms with E-state index in [1.54, 1.807) is 0 Å². The highest BCUT2D eigenvalue weighted by molar-refractivity contribution is 9.10. The first-order chi connectivity index (χ1) is 17.4. The summed E-state index contributed by atoms with van der Waals surface area (Å²) < 4.78 is 3.08. The molecule has 2 aromatic heterocycles. The zero-order valence-corrected chi connectivity index (χ0v) is 24.4. The molecule has 1 aliphatic heterocycles. The average Bonchev–Trinajstić information content (AvgIpc) is 3.21. The lowest BCUT2D eigenvalue weighted by Crippen LogP contribution is -2.60. The summed E-state index contributed by atoms with van der Waals surface area (Å²) in [5.74, 6) is 1.49. The predicted molar refractivity (Wildman–Crippen MR) is 157 cm³/mol. The molecule has 4 aromatic rings. The summed E-state index contributed by atoms with van der Waals surface area (Å²) in [5, 5.41) is 3.64. The molecular formula is C29H36BrN7. The summed E-state index contributed by atoms with van der Waals surface area (Å²) in [5.41, 5.74) is 6.30. The van der Waals surface area contributed by atoms with Crippen molar-refractivity contribution in [3.63, 3.8) is 0 Å². The molecule has 0 radical (unpaired) electrons. The molecule has 5 rings (SSSR count). The Hall–Kier alpha value is -3.13. The maximum absolute atomic E-state index is 5.08. The summed E-state index contributed by atoms with van der Waals surface area (Å²) in [7, 11) is 1.99. The third kappa shape index (κ3) is 5.04. The number of fused-ring (bicyclic) bond motifs is 1. The summed E-state index contributed by atoms with van der Waals surface area (Å²) in [6, 6.07) is 15.2. The Kier molecular flexibility index (Phi) is 6.42. The topological polar surface area (TPSA) is 62.1 Å². The van der Waals surface area contributed by atoms with E-state index in [-0.39, 0.29) is 11.0 Å². The van der Waals surface area contributed by atoms with E-state index >= 15 is 0 Å². The molecule has 8 heteroatoms. The first kappa shape index (κ1) is 25.5. The maximum Gasteiger partial charge on any atom is 0.229 e. The third-order valence-corrected chi connectivity index (χ3v) is 7.77. The molecule has 0 bridgehead atoms. The highest BCUT2D eigenvalue weighted by Gasteiger charge is 2.35. The van der Waals surface area contributed by atoms with Crippen LogP contribution in [0.25, 0.3) is 11.2 Å². The Morgan fingerprint density at radius 1 is 1.00 bits per heavy atom. The van der Waals surface area contributed by atoms with Gasteiger partial charge in [-0.05, 0) is 67.6 Å². The fourth-order valence-electron chi connectivity index (χ4n) is 5.05. The van der Waals surface area contributed by atoms with Gasteiger partial charge >= 0.3 is 0 Å². The number of aryl methyl sites for hydroxylation is 2. The smallest absolute Gasteiger partial charge is 0.229 e. The van der Waals surface area contributed by atoms with Crippen LogP contribution in [0, 0.1) is 6.92 Å². The predicted octanol–water partition coefficient (Wildman–Crippen LogP) is 6.58. The van der Waals surface area contributed by atoms with Gasteiger partial charge in [0.15, 0.2) is 11.5 Å². The number of piperazine rings is 1. The second-order valence-corrected chi connectivity index (χ2v) is 12.6. The zero-order chi connectivity index (χ0) is 26.5. The molecule has 1 N–H and O–H groups in total. The molecular weight excluding hydrogens is 526 g/mol. The quantitative estimate of drug-likeness (QED) is 0.303. The van der Waals surface area contributed by atoms with E-state index in [9.17, 15) is 0 Å². The van der Waals surface area contributed by atoms with Crippen molar-refractivity contribution in [2.24, 2.45) is 7.05 Å². The number of nitrogens with one attached hydrogen (secondary N) is 1. The number of nitrogens with zero attached hydrogens (tertiary/aromatic N) is 6. The summed E-state index contributed by atoms with van der Waals surface area (Å²) in [6.07, 6.45) is 1.81. The molecule has 2 aromatic carbocycles. The third-order valence-electron chi connectivity index (χ3n) is 7.24. The average molecular weight is 563 g/mol. The summed E-state index contributed by atoms with van der Waals surface area (Å²) in [4.78, 5) is 19.3. The number of aromatic nitrogens is 4. The number of hydrogen-bond donors (Lipinski definition) is 1. The van der Waals surface area contributed by atoms with Crippen LogP contribution >= 0.6 is 15.9 Å². The maximum atomic E-state index is 5.08. The van der Waals surface area contributed by atoms with Crippen molar-refractivity contribution in [3.05, 3.63) is 64.4 Å². The van der Waals surface area contributed by atoms with E-state index in [0.717, 1.165) is 41.1 Å². The molecule has 0 aliphatic carbocycles. The molecule has 194 valence electrons. The minimum atomic E-state index is -0.0975. The molecule has 0 spiro atoms. The number of benzene rings is 2. The standard InChI is InChI=1S/C29H36BrN7/c1-19-8-9-20(28(2,3)4)16-23(19)32-26-24-25(31-18-35(24)7)33-27(34-26)36-14-15-37(29(5,6)17-36)22-12-10-21(30)11-13-22/h8-13,16,18H,14-15,17H2,1-7H3,(H,32,33,34). The van der Waals surface area contributed by atoms with E-state index < -0.39 is 0 Å². The highest BCUT2D eigenvalue weighted by Crippen LogP contribution is 2.34. The van der Waals surface area contributed by atoms with Crippen molar-refractivity contribution in [2.45, 2.75) is 52.5 Å². The van der Waals surface area contributed by atoms with Gasteiger partial charge in [-0.1, -0.05) is 48.8 Å². The minimum Gasteiger partial charge on any atom is -0.363 e. The van der Waals surface area contributed by atoms with Crippen molar-refractivity contribution < 1.29 is 0 Å². The first-order valence-corrected chi connectivity index (χ1v) is 13.6. The SMILES string of the molecule is Cc1ccc(C(C)(C)C)cc1Nc1nc(N2CCN(c3ccc(Br)cc3)C(C)(C)C2)nc2ncn(C)c12. The molecule has 0 amide bonds. The number of imidazole rings is 1. The van der Waals surface area contributed by atoms with Gasteiger partial charge in [0.1, 0.15) is 5.52 Å². The second-order valence-electron chi connectivity index (χ2n) is 11.7. The van der Waals surface area contributed by atoms with Gasteiger partial charge in [0, 0.05) is 42.5 Å². The lowest BCUT2D eigenvalue weighted by atomic mass is 9.86. The van der Waals surface area contributed by atoms with Crippen molar-refractivity contribution in [1.29, 1.82) is 0 Å². The number of halogens is 1. The molecule has 37 heavy (non-hydrogen) atoms.